The predicted molar refractivity (Wildman–Crippen MR) is 98.3 cm³/mol. The molecule has 1 saturated heterocycles. The lowest BCUT2D eigenvalue weighted by molar-refractivity contribution is -0.118. The van der Waals surface area contributed by atoms with Gasteiger partial charge in [-0.2, -0.15) is 0 Å². The van der Waals surface area contributed by atoms with Crippen LogP contribution in [0.5, 0.6) is 0 Å². The summed E-state index contributed by atoms with van der Waals surface area (Å²) in [5, 5.41) is 2.81. The van der Waals surface area contributed by atoms with Crippen LogP contribution in [0.15, 0.2) is 48.7 Å². The minimum atomic E-state index is -0.223. The molecular formula is C20H24FN3O2. The van der Waals surface area contributed by atoms with Crippen LogP contribution in [0.25, 0.3) is 0 Å². The SMILES string of the molecule is CO[C@H]1CCN(CC(=O)Nc2ccccn2)C[C@H]1Cc1cccc(F)c1. The van der Waals surface area contributed by atoms with Gasteiger partial charge in [-0.05, 0) is 42.7 Å². The van der Waals surface area contributed by atoms with E-state index in [0.717, 1.165) is 31.5 Å². The highest BCUT2D eigenvalue weighted by Crippen LogP contribution is 2.24. The number of amides is 1. The van der Waals surface area contributed by atoms with Gasteiger partial charge >= 0.3 is 0 Å². The summed E-state index contributed by atoms with van der Waals surface area (Å²) < 4.78 is 19.1. The highest BCUT2D eigenvalue weighted by Gasteiger charge is 2.30. The predicted octanol–water partition coefficient (Wildman–Crippen LogP) is 2.74. The van der Waals surface area contributed by atoms with Crippen LogP contribution in [-0.2, 0) is 16.0 Å². The molecule has 1 fully saturated rings. The molecule has 1 aliphatic rings. The van der Waals surface area contributed by atoms with Gasteiger partial charge in [0.1, 0.15) is 11.6 Å². The summed E-state index contributed by atoms with van der Waals surface area (Å²) in [4.78, 5) is 18.5. The van der Waals surface area contributed by atoms with Crippen molar-refractivity contribution < 1.29 is 13.9 Å². The van der Waals surface area contributed by atoms with E-state index in [9.17, 15) is 9.18 Å². The van der Waals surface area contributed by atoms with Crippen LogP contribution < -0.4 is 5.32 Å². The molecule has 5 nitrogen and oxygen atoms in total. The van der Waals surface area contributed by atoms with Crippen molar-refractivity contribution in [3.63, 3.8) is 0 Å². The van der Waals surface area contributed by atoms with E-state index in [-0.39, 0.29) is 23.7 Å². The third-order valence-corrected chi connectivity index (χ3v) is 4.74. The van der Waals surface area contributed by atoms with E-state index in [1.165, 1.54) is 6.07 Å². The number of likely N-dealkylation sites (tertiary alicyclic amines) is 1. The molecule has 0 radical (unpaired) electrons. The van der Waals surface area contributed by atoms with E-state index in [1.807, 2.05) is 18.2 Å². The number of methoxy groups -OCH3 is 1. The first-order valence-corrected chi connectivity index (χ1v) is 8.84. The smallest absolute Gasteiger partial charge is 0.239 e. The Balaban J connectivity index is 1.58. The molecule has 1 amide bonds. The lowest BCUT2D eigenvalue weighted by Gasteiger charge is -2.37. The lowest BCUT2D eigenvalue weighted by atomic mass is 9.88. The van der Waals surface area contributed by atoms with Crippen LogP contribution in [0.4, 0.5) is 10.2 Å². The summed E-state index contributed by atoms with van der Waals surface area (Å²) in [7, 11) is 1.71. The molecular weight excluding hydrogens is 333 g/mol. The molecule has 0 saturated carbocycles. The van der Waals surface area contributed by atoms with Crippen molar-refractivity contribution in [3.8, 4) is 0 Å². The van der Waals surface area contributed by atoms with Crippen LogP contribution in [0.2, 0.25) is 0 Å². The van der Waals surface area contributed by atoms with Crippen LogP contribution in [-0.4, -0.2) is 48.6 Å². The zero-order valence-electron chi connectivity index (χ0n) is 14.9. The molecule has 0 aliphatic carbocycles. The second-order valence-electron chi connectivity index (χ2n) is 6.66. The second kappa shape index (κ2) is 8.87. The third kappa shape index (κ3) is 5.09. The molecule has 0 bridgehead atoms. The van der Waals surface area contributed by atoms with E-state index >= 15 is 0 Å². The van der Waals surface area contributed by atoms with Crippen LogP contribution in [0, 0.1) is 11.7 Å². The summed E-state index contributed by atoms with van der Waals surface area (Å²) in [5.74, 6) is 0.474. The molecule has 2 heterocycles. The minimum absolute atomic E-state index is 0.0796. The Kier molecular flexibility index (Phi) is 6.30. The number of hydrogen-bond acceptors (Lipinski definition) is 4. The number of nitrogens with zero attached hydrogens (tertiary/aromatic N) is 2. The van der Waals surface area contributed by atoms with E-state index in [2.05, 4.69) is 15.2 Å². The topological polar surface area (TPSA) is 54.5 Å². The summed E-state index contributed by atoms with van der Waals surface area (Å²) in [6.07, 6.45) is 3.35. The van der Waals surface area contributed by atoms with Crippen molar-refractivity contribution in [3.05, 3.63) is 60.0 Å². The quantitative estimate of drug-likeness (QED) is 0.864. The maximum atomic E-state index is 13.5. The molecule has 2 aromatic rings. The summed E-state index contributed by atoms with van der Waals surface area (Å²) in [5.41, 5.74) is 0.955. The Bertz CT molecular complexity index is 726. The Morgan fingerprint density at radius 1 is 1.35 bits per heavy atom. The maximum Gasteiger partial charge on any atom is 0.239 e. The van der Waals surface area contributed by atoms with Gasteiger partial charge in [0, 0.05) is 32.3 Å². The van der Waals surface area contributed by atoms with Crippen LogP contribution >= 0.6 is 0 Å². The first kappa shape index (κ1) is 18.5. The zero-order valence-corrected chi connectivity index (χ0v) is 14.9. The molecule has 6 heteroatoms. The fourth-order valence-electron chi connectivity index (χ4n) is 3.52. The fourth-order valence-corrected chi connectivity index (χ4v) is 3.52. The van der Waals surface area contributed by atoms with E-state index in [0.29, 0.717) is 12.4 Å². The molecule has 3 rings (SSSR count). The Labute approximate surface area is 153 Å². The van der Waals surface area contributed by atoms with Gasteiger partial charge in [-0.25, -0.2) is 9.37 Å². The molecule has 0 spiro atoms. The summed E-state index contributed by atoms with van der Waals surface area (Å²) >= 11 is 0. The molecule has 138 valence electrons. The van der Waals surface area contributed by atoms with Crippen molar-refractivity contribution in [2.24, 2.45) is 5.92 Å². The van der Waals surface area contributed by atoms with E-state index in [4.69, 9.17) is 4.74 Å². The van der Waals surface area contributed by atoms with Gasteiger partial charge < -0.3 is 10.1 Å². The largest absolute Gasteiger partial charge is 0.381 e. The van der Waals surface area contributed by atoms with Crippen molar-refractivity contribution in [1.82, 2.24) is 9.88 Å². The number of carbonyl (C=O) groups excluding carboxylic acids is 1. The van der Waals surface area contributed by atoms with Crippen LogP contribution in [0.1, 0.15) is 12.0 Å². The van der Waals surface area contributed by atoms with Gasteiger partial charge in [-0.1, -0.05) is 18.2 Å². The fraction of sp³-hybridized carbons (Fsp3) is 0.400. The average molecular weight is 357 g/mol. The number of benzene rings is 1. The number of hydrogen-bond donors (Lipinski definition) is 1. The lowest BCUT2D eigenvalue weighted by Crippen LogP contribution is -2.47. The highest BCUT2D eigenvalue weighted by molar-refractivity contribution is 5.91. The van der Waals surface area contributed by atoms with E-state index < -0.39 is 0 Å². The number of piperidine rings is 1. The van der Waals surface area contributed by atoms with Gasteiger partial charge in [0.2, 0.25) is 5.91 Å². The van der Waals surface area contributed by atoms with Crippen molar-refractivity contribution in [2.75, 3.05) is 32.1 Å². The van der Waals surface area contributed by atoms with Crippen molar-refractivity contribution in [2.45, 2.75) is 18.9 Å². The number of ether oxygens (including phenoxy) is 1. The number of carbonyl (C=O) groups is 1. The number of pyridine rings is 1. The Morgan fingerprint density at radius 2 is 2.23 bits per heavy atom. The molecule has 0 unspecified atom stereocenters. The molecule has 2 atom stereocenters. The number of anilines is 1. The molecule has 1 aromatic carbocycles. The summed E-state index contributed by atoms with van der Waals surface area (Å²) in [6.45, 7) is 1.85. The van der Waals surface area contributed by atoms with E-state index in [1.54, 1.807) is 31.5 Å². The number of halogens is 1. The van der Waals surface area contributed by atoms with Gasteiger partial charge in [0.05, 0.1) is 12.6 Å². The van der Waals surface area contributed by atoms with Gasteiger partial charge in [0.25, 0.3) is 0 Å². The third-order valence-electron chi connectivity index (χ3n) is 4.74. The molecule has 1 N–H and O–H groups in total. The monoisotopic (exact) mass is 357 g/mol. The average Bonchev–Trinajstić information content (AvgIpc) is 2.63. The second-order valence-corrected chi connectivity index (χ2v) is 6.66. The number of aromatic nitrogens is 1. The zero-order chi connectivity index (χ0) is 18.4. The normalized spacial score (nSPS) is 20.7. The summed E-state index contributed by atoms with van der Waals surface area (Å²) in [6, 6.07) is 12.1. The minimum Gasteiger partial charge on any atom is -0.381 e. The standard InChI is InChI=1S/C20H24FN3O2/c1-26-18-8-10-24(14-20(25)23-19-7-2-3-9-22-19)13-16(18)11-15-5-4-6-17(21)12-15/h2-7,9,12,16,18H,8,10-11,13-14H2,1H3,(H,22,23,25)/t16-,18+/m1/s1. The Hall–Kier alpha value is -2.31. The maximum absolute atomic E-state index is 13.5. The van der Waals surface area contributed by atoms with Gasteiger partial charge in [-0.3, -0.25) is 9.69 Å². The van der Waals surface area contributed by atoms with Crippen LogP contribution in [0.3, 0.4) is 0 Å². The number of rotatable bonds is 6. The highest BCUT2D eigenvalue weighted by atomic mass is 19.1. The first-order chi connectivity index (χ1) is 12.6. The molecule has 1 aromatic heterocycles. The number of nitrogens with one attached hydrogen (secondary N) is 1. The molecule has 26 heavy (non-hydrogen) atoms. The Morgan fingerprint density at radius 3 is 2.96 bits per heavy atom. The first-order valence-electron chi connectivity index (χ1n) is 8.84. The molecule has 1 aliphatic heterocycles. The van der Waals surface area contributed by atoms with Crippen molar-refractivity contribution >= 4 is 11.7 Å². The van der Waals surface area contributed by atoms with Gasteiger partial charge in [0.15, 0.2) is 0 Å². The van der Waals surface area contributed by atoms with Gasteiger partial charge in [-0.15, -0.1) is 0 Å². The van der Waals surface area contributed by atoms with Crippen molar-refractivity contribution in [1.29, 1.82) is 0 Å².